The summed E-state index contributed by atoms with van der Waals surface area (Å²) in [5.74, 6) is 0.588. The Hall–Kier alpha value is -2.00. The molecule has 0 bridgehead atoms. The van der Waals surface area contributed by atoms with Gasteiger partial charge in [-0.05, 0) is 42.8 Å². The Morgan fingerprint density at radius 1 is 1.06 bits per heavy atom. The zero-order valence-corrected chi connectivity index (χ0v) is 20.0. The molecule has 0 amide bonds. The molecule has 0 atom stereocenters. The van der Waals surface area contributed by atoms with Gasteiger partial charge in [0.15, 0.2) is 11.5 Å². The Labute approximate surface area is 193 Å². The van der Waals surface area contributed by atoms with Gasteiger partial charge in [-0.15, -0.1) is 0 Å². The summed E-state index contributed by atoms with van der Waals surface area (Å²) in [4.78, 5) is 13.6. The van der Waals surface area contributed by atoms with Crippen LogP contribution in [-0.4, -0.2) is 47.3 Å². The van der Waals surface area contributed by atoms with Crippen LogP contribution < -0.4 is 19.1 Å². The van der Waals surface area contributed by atoms with Crippen molar-refractivity contribution in [2.45, 2.75) is 19.8 Å². The number of nitrogens with zero attached hydrogens (tertiary/aromatic N) is 1. The van der Waals surface area contributed by atoms with Gasteiger partial charge in [0, 0.05) is 18.4 Å². The first-order valence-electron chi connectivity index (χ1n) is 9.65. The van der Waals surface area contributed by atoms with Crippen LogP contribution in [0.15, 0.2) is 36.4 Å². The lowest BCUT2D eigenvalue weighted by molar-refractivity contribution is -0.119. The van der Waals surface area contributed by atoms with Crippen molar-refractivity contribution in [3.63, 3.8) is 0 Å². The third-order valence-electron chi connectivity index (χ3n) is 4.27. The molecule has 31 heavy (non-hydrogen) atoms. The SMILES string of the molecule is CCCCOc1c(Cl)cc(N(C)c2ccc(OCC(=O)CNS(C)(=O)=O)cc2)cc1Cl. The summed E-state index contributed by atoms with van der Waals surface area (Å²) in [5.41, 5.74) is 1.64. The topological polar surface area (TPSA) is 84.9 Å². The quantitative estimate of drug-likeness (QED) is 0.444. The zero-order valence-electron chi connectivity index (χ0n) is 17.7. The number of halogens is 2. The molecule has 1 N–H and O–H groups in total. The van der Waals surface area contributed by atoms with Crippen LogP contribution in [0.3, 0.4) is 0 Å². The highest BCUT2D eigenvalue weighted by Crippen LogP contribution is 2.38. The Bertz CT molecular complexity index is 974. The van der Waals surface area contributed by atoms with E-state index in [0.29, 0.717) is 28.2 Å². The van der Waals surface area contributed by atoms with Crippen LogP contribution >= 0.6 is 23.2 Å². The van der Waals surface area contributed by atoms with Gasteiger partial charge in [-0.1, -0.05) is 36.5 Å². The molecule has 170 valence electrons. The molecule has 10 heteroatoms. The number of Topliss-reactive ketones (excluding diaryl/α,β-unsaturated/α-hetero) is 1. The molecule has 7 nitrogen and oxygen atoms in total. The standard InChI is InChI=1S/C21H26Cl2N2O5S/c1-4-5-10-29-21-19(22)11-16(12-20(21)23)25(2)15-6-8-18(9-7-15)30-14-17(26)13-24-31(3,27)28/h6-9,11-12,24H,4-5,10,13-14H2,1-3H3. The highest BCUT2D eigenvalue weighted by molar-refractivity contribution is 7.88. The largest absolute Gasteiger partial charge is 0.490 e. The second kappa shape index (κ2) is 11.6. The predicted octanol–water partition coefficient (Wildman–Crippen LogP) is 4.44. The van der Waals surface area contributed by atoms with Crippen molar-refractivity contribution in [1.29, 1.82) is 0 Å². The number of hydrogen-bond donors (Lipinski definition) is 1. The number of sulfonamides is 1. The molecule has 0 unspecified atom stereocenters. The molecule has 0 spiro atoms. The van der Waals surface area contributed by atoms with E-state index in [-0.39, 0.29) is 18.9 Å². The van der Waals surface area contributed by atoms with Crippen molar-refractivity contribution >= 4 is 50.4 Å². The van der Waals surface area contributed by atoms with Gasteiger partial charge < -0.3 is 14.4 Å². The van der Waals surface area contributed by atoms with E-state index in [4.69, 9.17) is 32.7 Å². The average molecular weight is 489 g/mol. The van der Waals surface area contributed by atoms with Crippen LogP contribution in [-0.2, 0) is 14.8 Å². The second-order valence-corrected chi connectivity index (χ2v) is 9.56. The third-order valence-corrected chi connectivity index (χ3v) is 5.50. The van der Waals surface area contributed by atoms with Crippen molar-refractivity contribution in [1.82, 2.24) is 4.72 Å². The highest BCUT2D eigenvalue weighted by Gasteiger charge is 2.13. The zero-order chi connectivity index (χ0) is 23.0. The lowest BCUT2D eigenvalue weighted by Crippen LogP contribution is -2.31. The van der Waals surface area contributed by atoms with Crippen LogP contribution in [0.25, 0.3) is 0 Å². The smallest absolute Gasteiger partial charge is 0.209 e. The maximum Gasteiger partial charge on any atom is 0.209 e. The van der Waals surface area contributed by atoms with Gasteiger partial charge in [-0.2, -0.15) is 0 Å². The van der Waals surface area contributed by atoms with Crippen molar-refractivity contribution in [2.24, 2.45) is 0 Å². The number of unbranched alkanes of at least 4 members (excludes halogenated alkanes) is 1. The van der Waals surface area contributed by atoms with Crippen molar-refractivity contribution in [2.75, 3.05) is 38.0 Å². The molecule has 0 aliphatic rings. The fourth-order valence-corrected chi connectivity index (χ4v) is 3.55. The minimum Gasteiger partial charge on any atom is -0.490 e. The molecule has 2 aromatic carbocycles. The fraction of sp³-hybridized carbons (Fsp3) is 0.381. The van der Waals surface area contributed by atoms with Crippen LogP contribution in [0.2, 0.25) is 10.0 Å². The first-order valence-corrected chi connectivity index (χ1v) is 12.3. The van der Waals surface area contributed by atoms with Crippen molar-refractivity contribution in [3.05, 3.63) is 46.4 Å². The lowest BCUT2D eigenvalue weighted by Gasteiger charge is -2.21. The molecule has 0 saturated carbocycles. The maximum absolute atomic E-state index is 11.7. The number of rotatable bonds is 12. The molecule has 0 saturated heterocycles. The number of carbonyl (C=O) groups excluding carboxylic acids is 1. The Kier molecular flexibility index (Phi) is 9.43. The van der Waals surface area contributed by atoms with E-state index in [2.05, 4.69) is 11.6 Å². The molecule has 0 heterocycles. The van der Waals surface area contributed by atoms with E-state index in [0.717, 1.165) is 30.5 Å². The number of carbonyl (C=O) groups is 1. The molecule has 0 fully saturated rings. The summed E-state index contributed by atoms with van der Waals surface area (Å²) in [6.45, 7) is 2.09. The number of ether oxygens (including phenoxy) is 2. The summed E-state index contributed by atoms with van der Waals surface area (Å²) in [6.07, 6.45) is 2.92. The van der Waals surface area contributed by atoms with E-state index >= 15 is 0 Å². The Morgan fingerprint density at radius 2 is 1.68 bits per heavy atom. The van der Waals surface area contributed by atoms with Crippen LogP contribution in [0.1, 0.15) is 19.8 Å². The normalized spacial score (nSPS) is 11.3. The predicted molar refractivity (Wildman–Crippen MR) is 125 cm³/mol. The van der Waals surface area contributed by atoms with E-state index in [1.165, 1.54) is 0 Å². The second-order valence-electron chi connectivity index (χ2n) is 6.91. The third kappa shape index (κ3) is 8.22. The number of ketones is 1. The first kappa shape index (κ1) is 25.3. The van der Waals surface area contributed by atoms with E-state index in [1.54, 1.807) is 24.3 Å². The monoisotopic (exact) mass is 488 g/mol. The Balaban J connectivity index is 2.00. The molecule has 0 radical (unpaired) electrons. The number of nitrogens with one attached hydrogen (secondary N) is 1. The van der Waals surface area contributed by atoms with E-state index in [1.807, 2.05) is 24.1 Å². The molecule has 0 aliphatic heterocycles. The van der Waals surface area contributed by atoms with E-state index in [9.17, 15) is 13.2 Å². The van der Waals surface area contributed by atoms with Crippen molar-refractivity contribution < 1.29 is 22.7 Å². The summed E-state index contributed by atoms with van der Waals surface area (Å²) in [6, 6.07) is 10.6. The lowest BCUT2D eigenvalue weighted by atomic mass is 10.2. The molecule has 2 rings (SSSR count). The van der Waals surface area contributed by atoms with Gasteiger partial charge >= 0.3 is 0 Å². The Morgan fingerprint density at radius 3 is 2.23 bits per heavy atom. The number of hydrogen-bond acceptors (Lipinski definition) is 6. The summed E-state index contributed by atoms with van der Waals surface area (Å²) >= 11 is 12.7. The molecule has 0 aromatic heterocycles. The average Bonchev–Trinajstić information content (AvgIpc) is 2.72. The number of benzene rings is 2. The van der Waals surface area contributed by atoms with E-state index < -0.39 is 10.0 Å². The fourth-order valence-electron chi connectivity index (χ4n) is 2.54. The highest BCUT2D eigenvalue weighted by atomic mass is 35.5. The summed E-state index contributed by atoms with van der Waals surface area (Å²) < 4.78 is 35.3. The summed E-state index contributed by atoms with van der Waals surface area (Å²) in [7, 11) is -1.55. The summed E-state index contributed by atoms with van der Waals surface area (Å²) in [5, 5.41) is 0.873. The molecule has 0 aliphatic carbocycles. The molecular formula is C21H26Cl2N2O5S. The van der Waals surface area contributed by atoms with Gasteiger partial charge in [-0.3, -0.25) is 4.79 Å². The van der Waals surface area contributed by atoms with Crippen LogP contribution in [0.4, 0.5) is 11.4 Å². The van der Waals surface area contributed by atoms with Gasteiger partial charge in [-0.25, -0.2) is 13.1 Å². The van der Waals surface area contributed by atoms with Gasteiger partial charge in [0.05, 0.1) is 29.5 Å². The minimum atomic E-state index is -3.42. The first-order chi connectivity index (χ1) is 14.6. The molecular weight excluding hydrogens is 463 g/mol. The van der Waals surface area contributed by atoms with Gasteiger partial charge in [0.25, 0.3) is 0 Å². The molecule has 2 aromatic rings. The van der Waals surface area contributed by atoms with Gasteiger partial charge in [0.2, 0.25) is 10.0 Å². The van der Waals surface area contributed by atoms with Crippen LogP contribution in [0.5, 0.6) is 11.5 Å². The number of anilines is 2. The van der Waals surface area contributed by atoms with Crippen molar-refractivity contribution in [3.8, 4) is 11.5 Å². The minimum absolute atomic E-state index is 0.234. The van der Waals surface area contributed by atoms with Crippen LogP contribution in [0, 0.1) is 0 Å². The maximum atomic E-state index is 11.7. The van der Waals surface area contributed by atoms with Gasteiger partial charge in [0.1, 0.15) is 12.4 Å².